The summed E-state index contributed by atoms with van der Waals surface area (Å²) in [7, 11) is 0. The summed E-state index contributed by atoms with van der Waals surface area (Å²) in [5, 5.41) is 4.14. The van der Waals surface area contributed by atoms with Gasteiger partial charge in [-0.25, -0.2) is 4.98 Å². The van der Waals surface area contributed by atoms with Crippen molar-refractivity contribution in [2.45, 2.75) is 19.5 Å². The van der Waals surface area contributed by atoms with Crippen LogP contribution in [0.15, 0.2) is 24.5 Å². The van der Waals surface area contributed by atoms with Crippen molar-refractivity contribution in [2.75, 3.05) is 19.6 Å². The Labute approximate surface area is 124 Å². The third-order valence-electron chi connectivity index (χ3n) is 3.47. The second-order valence-corrected chi connectivity index (χ2v) is 5.31. The molecular weight excluding hydrogens is 283 g/mol. The van der Waals surface area contributed by atoms with Gasteiger partial charge in [0.05, 0.1) is 10.7 Å². The molecule has 0 radical (unpaired) electrons. The minimum absolute atomic E-state index is 0. The van der Waals surface area contributed by atoms with Crippen molar-refractivity contribution in [3.8, 4) is 0 Å². The number of hydrogen-bond acceptors (Lipinski definition) is 3. The molecule has 104 valence electrons. The van der Waals surface area contributed by atoms with Crippen LogP contribution in [0.1, 0.15) is 12.6 Å². The van der Waals surface area contributed by atoms with E-state index < -0.39 is 0 Å². The Balaban J connectivity index is 0.00000133. The molecule has 0 bridgehead atoms. The van der Waals surface area contributed by atoms with Crippen molar-refractivity contribution in [1.82, 2.24) is 19.6 Å². The summed E-state index contributed by atoms with van der Waals surface area (Å²) in [4.78, 5) is 7.08. The van der Waals surface area contributed by atoms with E-state index in [0.29, 0.717) is 6.04 Å². The Hall–Kier alpha value is -0.810. The number of fused-ring (bicyclic) bond motifs is 1. The normalized spacial score (nSPS) is 20.4. The molecule has 0 aliphatic carbocycles. The molecule has 0 unspecified atom stereocenters. The molecule has 1 aliphatic rings. The Morgan fingerprint density at radius 3 is 3.05 bits per heavy atom. The number of piperazine rings is 1. The van der Waals surface area contributed by atoms with Gasteiger partial charge in [0.2, 0.25) is 0 Å². The highest BCUT2D eigenvalue weighted by molar-refractivity contribution is 6.30. The molecule has 1 aliphatic heterocycles. The molecule has 0 spiro atoms. The Morgan fingerprint density at radius 1 is 1.42 bits per heavy atom. The summed E-state index contributed by atoms with van der Waals surface area (Å²) in [6, 6.07) is 4.39. The zero-order valence-corrected chi connectivity index (χ0v) is 12.4. The van der Waals surface area contributed by atoms with Crippen LogP contribution in [0.2, 0.25) is 5.02 Å². The first-order valence-electron chi connectivity index (χ1n) is 6.30. The zero-order valence-electron chi connectivity index (χ0n) is 10.8. The molecule has 2 aromatic heterocycles. The van der Waals surface area contributed by atoms with Gasteiger partial charge < -0.3 is 9.72 Å². The summed E-state index contributed by atoms with van der Waals surface area (Å²) < 4.78 is 1.99. The van der Waals surface area contributed by atoms with Gasteiger partial charge >= 0.3 is 0 Å². The molecule has 2 aromatic rings. The molecule has 1 saturated heterocycles. The lowest BCUT2D eigenvalue weighted by Crippen LogP contribution is -2.49. The predicted molar refractivity (Wildman–Crippen MR) is 80.2 cm³/mol. The van der Waals surface area contributed by atoms with Gasteiger partial charge in [0.25, 0.3) is 0 Å². The van der Waals surface area contributed by atoms with Crippen LogP contribution in [0.4, 0.5) is 0 Å². The van der Waals surface area contributed by atoms with E-state index in [-0.39, 0.29) is 12.4 Å². The number of nitrogens with zero attached hydrogens (tertiary/aromatic N) is 3. The maximum atomic E-state index is 5.98. The molecule has 0 saturated carbocycles. The highest BCUT2D eigenvalue weighted by Gasteiger charge is 2.18. The van der Waals surface area contributed by atoms with Crippen LogP contribution in [0, 0.1) is 0 Å². The predicted octanol–water partition coefficient (Wildman–Crippen LogP) is 2.20. The molecule has 1 atom stereocenters. The lowest BCUT2D eigenvalue weighted by atomic mass is 10.2. The van der Waals surface area contributed by atoms with Gasteiger partial charge in [0.15, 0.2) is 0 Å². The molecule has 3 heterocycles. The number of hydrogen-bond donors (Lipinski definition) is 1. The summed E-state index contributed by atoms with van der Waals surface area (Å²) in [5.41, 5.74) is 2.06. The second kappa shape index (κ2) is 6.09. The van der Waals surface area contributed by atoms with E-state index in [2.05, 4.69) is 28.3 Å². The van der Waals surface area contributed by atoms with Crippen molar-refractivity contribution in [1.29, 1.82) is 0 Å². The number of imidazole rings is 1. The second-order valence-electron chi connectivity index (χ2n) is 4.87. The van der Waals surface area contributed by atoms with Gasteiger partial charge in [-0.15, -0.1) is 12.4 Å². The Morgan fingerprint density at radius 2 is 2.26 bits per heavy atom. The topological polar surface area (TPSA) is 32.6 Å². The van der Waals surface area contributed by atoms with E-state index in [1.807, 2.05) is 22.7 Å². The molecule has 0 amide bonds. The molecular formula is C13H18Cl2N4. The molecule has 0 aromatic carbocycles. The van der Waals surface area contributed by atoms with E-state index >= 15 is 0 Å². The van der Waals surface area contributed by atoms with E-state index in [4.69, 9.17) is 11.6 Å². The van der Waals surface area contributed by atoms with Crippen molar-refractivity contribution >= 4 is 29.7 Å². The first kappa shape index (κ1) is 14.6. The first-order chi connectivity index (χ1) is 8.72. The molecule has 6 heteroatoms. The van der Waals surface area contributed by atoms with Gasteiger partial charge in [-0.2, -0.15) is 0 Å². The average Bonchev–Trinajstić information content (AvgIpc) is 2.73. The van der Waals surface area contributed by atoms with Crippen molar-refractivity contribution < 1.29 is 0 Å². The lowest BCUT2D eigenvalue weighted by Gasteiger charge is -2.33. The van der Waals surface area contributed by atoms with Crippen LogP contribution in [0.3, 0.4) is 0 Å². The maximum absolute atomic E-state index is 5.98. The first-order valence-corrected chi connectivity index (χ1v) is 6.68. The fraction of sp³-hybridized carbons (Fsp3) is 0.462. The van der Waals surface area contributed by atoms with Crippen molar-refractivity contribution in [3.05, 3.63) is 35.2 Å². The van der Waals surface area contributed by atoms with Crippen molar-refractivity contribution in [2.24, 2.45) is 0 Å². The number of rotatable bonds is 2. The fourth-order valence-electron chi connectivity index (χ4n) is 2.42. The number of pyridine rings is 1. The highest BCUT2D eigenvalue weighted by Crippen LogP contribution is 2.14. The summed E-state index contributed by atoms with van der Waals surface area (Å²) in [6.45, 7) is 6.35. The van der Waals surface area contributed by atoms with Crippen LogP contribution in [-0.4, -0.2) is 40.0 Å². The zero-order chi connectivity index (χ0) is 12.5. The minimum atomic E-state index is 0. The van der Waals surface area contributed by atoms with Gasteiger partial charge in [-0.05, 0) is 19.1 Å². The quantitative estimate of drug-likeness (QED) is 0.923. The van der Waals surface area contributed by atoms with Crippen molar-refractivity contribution in [3.63, 3.8) is 0 Å². The third-order valence-corrected chi connectivity index (χ3v) is 3.69. The van der Waals surface area contributed by atoms with Crippen LogP contribution in [0.25, 0.3) is 5.65 Å². The van der Waals surface area contributed by atoms with E-state index in [9.17, 15) is 0 Å². The van der Waals surface area contributed by atoms with Gasteiger partial charge in [0.1, 0.15) is 5.65 Å². The summed E-state index contributed by atoms with van der Waals surface area (Å²) >= 11 is 5.98. The molecule has 3 rings (SSSR count). The Kier molecular flexibility index (Phi) is 4.68. The van der Waals surface area contributed by atoms with Crippen LogP contribution in [-0.2, 0) is 6.54 Å². The van der Waals surface area contributed by atoms with Gasteiger partial charge in [0, 0.05) is 44.6 Å². The lowest BCUT2D eigenvalue weighted by molar-refractivity contribution is 0.164. The minimum Gasteiger partial charge on any atom is -0.314 e. The molecule has 19 heavy (non-hydrogen) atoms. The van der Waals surface area contributed by atoms with E-state index in [0.717, 1.165) is 42.5 Å². The summed E-state index contributed by atoms with van der Waals surface area (Å²) in [6.07, 6.45) is 3.96. The number of aromatic nitrogens is 2. The molecule has 4 nitrogen and oxygen atoms in total. The SMILES string of the molecule is C[C@H]1CNCCN1Cc1cn2cc(Cl)ccc2n1.Cl. The summed E-state index contributed by atoms with van der Waals surface area (Å²) in [5.74, 6) is 0. The highest BCUT2D eigenvalue weighted by atomic mass is 35.5. The van der Waals surface area contributed by atoms with Crippen LogP contribution < -0.4 is 5.32 Å². The molecule has 1 fully saturated rings. The van der Waals surface area contributed by atoms with Gasteiger partial charge in [-0.1, -0.05) is 11.6 Å². The fourth-order valence-corrected chi connectivity index (χ4v) is 2.59. The third kappa shape index (κ3) is 3.20. The van der Waals surface area contributed by atoms with Crippen LogP contribution >= 0.6 is 24.0 Å². The van der Waals surface area contributed by atoms with E-state index in [1.54, 1.807) is 0 Å². The standard InChI is InChI=1S/C13H17ClN4.ClH/c1-10-6-15-4-5-17(10)8-12-9-18-7-11(14)2-3-13(18)16-12;/h2-3,7,9-10,15H,4-6,8H2,1H3;1H/t10-;/m0./s1. The monoisotopic (exact) mass is 300 g/mol. The molecule has 1 N–H and O–H groups in total. The van der Waals surface area contributed by atoms with Crippen LogP contribution in [0.5, 0.6) is 0 Å². The average molecular weight is 301 g/mol. The Bertz CT molecular complexity index is 555. The smallest absolute Gasteiger partial charge is 0.137 e. The number of nitrogens with one attached hydrogen (secondary N) is 1. The number of halogens is 2. The largest absolute Gasteiger partial charge is 0.314 e. The van der Waals surface area contributed by atoms with Gasteiger partial charge in [-0.3, -0.25) is 4.90 Å². The maximum Gasteiger partial charge on any atom is 0.137 e. The van der Waals surface area contributed by atoms with E-state index in [1.165, 1.54) is 0 Å².